The molecular weight excluding hydrogens is 475 g/mol. The largest absolute Gasteiger partial charge is 0.360 e. The van der Waals surface area contributed by atoms with Gasteiger partial charge in [0.15, 0.2) is 19.2 Å². The third kappa shape index (κ3) is 20.0. The van der Waals surface area contributed by atoms with Gasteiger partial charge >= 0.3 is 0 Å². The van der Waals surface area contributed by atoms with Gasteiger partial charge in [-0.05, 0) is 20.5 Å². The van der Waals surface area contributed by atoms with Crippen molar-refractivity contribution in [3.63, 3.8) is 0 Å². The van der Waals surface area contributed by atoms with E-state index in [4.69, 9.17) is 0 Å². The van der Waals surface area contributed by atoms with E-state index in [2.05, 4.69) is 12.2 Å². The Balaban J connectivity index is 4.19. The SMILES string of the molecule is CCCCCCCCCCCCCCCC(=O)CC(CC(=O)P(O)C(=O)CCN(C)C)NC(=O)CC. The lowest BCUT2D eigenvalue weighted by Crippen LogP contribution is -2.37. The Morgan fingerprint density at radius 2 is 1.22 bits per heavy atom. The van der Waals surface area contributed by atoms with E-state index >= 15 is 0 Å². The molecule has 0 aliphatic rings. The Morgan fingerprint density at radius 3 is 1.69 bits per heavy atom. The van der Waals surface area contributed by atoms with Gasteiger partial charge in [-0.2, -0.15) is 0 Å². The standard InChI is InChI=1S/C28H53N2O5P/c1-5-7-8-9-10-11-12-13-14-15-16-17-18-19-25(31)22-24(29-26(32)6-2)23-28(34)36(35)27(33)20-21-30(3)4/h24,35H,5-23H2,1-4H3,(H,29,32). The molecule has 0 aromatic rings. The van der Waals surface area contributed by atoms with E-state index in [0.717, 1.165) is 19.3 Å². The number of carbonyl (C=O) groups is 4. The number of carbonyl (C=O) groups excluding carboxylic acids is 4. The summed E-state index contributed by atoms with van der Waals surface area (Å²) in [5.41, 5.74) is -1.05. The number of Topliss-reactive ketones (excluding diaryl/α,β-unsaturated/α-hetero) is 1. The first-order valence-electron chi connectivity index (χ1n) is 14.2. The molecule has 0 rings (SSSR count). The second-order valence-corrected chi connectivity index (χ2v) is 11.8. The van der Waals surface area contributed by atoms with Crippen LogP contribution in [0.25, 0.3) is 0 Å². The van der Waals surface area contributed by atoms with Gasteiger partial charge in [-0.3, -0.25) is 19.2 Å². The van der Waals surface area contributed by atoms with Crippen molar-refractivity contribution in [2.75, 3.05) is 20.6 Å². The molecule has 2 unspecified atom stereocenters. The van der Waals surface area contributed by atoms with Crippen molar-refractivity contribution >= 4 is 30.9 Å². The van der Waals surface area contributed by atoms with Gasteiger partial charge in [-0.25, -0.2) is 0 Å². The molecule has 2 atom stereocenters. The van der Waals surface area contributed by atoms with Crippen LogP contribution < -0.4 is 5.32 Å². The number of nitrogens with zero attached hydrogens (tertiary/aromatic N) is 1. The van der Waals surface area contributed by atoms with Crippen molar-refractivity contribution in [1.29, 1.82) is 0 Å². The third-order valence-electron chi connectivity index (χ3n) is 6.39. The molecule has 0 aliphatic carbocycles. The van der Waals surface area contributed by atoms with E-state index in [1.54, 1.807) is 6.92 Å². The number of amides is 1. The monoisotopic (exact) mass is 528 g/mol. The van der Waals surface area contributed by atoms with Crippen LogP contribution in [0.1, 0.15) is 129 Å². The number of nitrogens with one attached hydrogen (secondary N) is 1. The highest BCUT2D eigenvalue weighted by Crippen LogP contribution is 2.35. The first kappa shape index (κ1) is 34.8. The molecule has 8 heteroatoms. The van der Waals surface area contributed by atoms with Gasteiger partial charge in [0, 0.05) is 44.7 Å². The summed E-state index contributed by atoms with van der Waals surface area (Å²) in [5, 5.41) is 2.72. The van der Waals surface area contributed by atoms with Crippen molar-refractivity contribution in [3.05, 3.63) is 0 Å². The third-order valence-corrected chi connectivity index (χ3v) is 7.74. The molecule has 0 aliphatic heterocycles. The van der Waals surface area contributed by atoms with E-state index in [1.165, 1.54) is 64.2 Å². The molecule has 36 heavy (non-hydrogen) atoms. The van der Waals surface area contributed by atoms with Crippen molar-refractivity contribution in [1.82, 2.24) is 10.2 Å². The Labute approximate surface area is 221 Å². The first-order chi connectivity index (χ1) is 17.2. The predicted octanol–water partition coefficient (Wildman–Crippen LogP) is 6.11. The van der Waals surface area contributed by atoms with Gasteiger partial charge in [0.2, 0.25) is 5.91 Å². The van der Waals surface area contributed by atoms with Gasteiger partial charge < -0.3 is 15.1 Å². The van der Waals surface area contributed by atoms with Crippen LogP contribution in [-0.4, -0.2) is 59.2 Å². The zero-order valence-corrected chi connectivity index (χ0v) is 24.4. The fourth-order valence-corrected chi connectivity index (χ4v) is 5.07. The Morgan fingerprint density at radius 1 is 0.722 bits per heavy atom. The maximum atomic E-state index is 12.5. The quantitative estimate of drug-likeness (QED) is 0.110. The lowest BCUT2D eigenvalue weighted by Gasteiger charge is -2.19. The lowest BCUT2D eigenvalue weighted by atomic mass is 10.0. The maximum Gasteiger partial charge on any atom is 0.219 e. The molecule has 7 nitrogen and oxygen atoms in total. The molecule has 0 spiro atoms. The number of hydrogen-bond donors (Lipinski definition) is 2. The molecule has 210 valence electrons. The van der Waals surface area contributed by atoms with Crippen molar-refractivity contribution < 1.29 is 24.1 Å². The van der Waals surface area contributed by atoms with E-state index in [0.29, 0.717) is 13.0 Å². The van der Waals surface area contributed by atoms with Crippen molar-refractivity contribution in [2.45, 2.75) is 135 Å². The van der Waals surface area contributed by atoms with Crippen LogP contribution in [0, 0.1) is 0 Å². The summed E-state index contributed by atoms with van der Waals surface area (Å²) in [7, 11) is 1.21. The van der Waals surface area contributed by atoms with Gasteiger partial charge in [0.1, 0.15) is 5.78 Å². The molecule has 1 amide bonds. The Bertz CT molecular complexity index is 627. The minimum absolute atomic E-state index is 0.00785. The van der Waals surface area contributed by atoms with Crippen LogP contribution >= 0.6 is 8.15 Å². The van der Waals surface area contributed by atoms with Crippen LogP contribution in [0.3, 0.4) is 0 Å². The fraction of sp³-hybridized carbons (Fsp3) is 0.857. The van der Waals surface area contributed by atoms with Gasteiger partial charge in [-0.1, -0.05) is 90.9 Å². The first-order valence-corrected chi connectivity index (χ1v) is 15.5. The highest BCUT2D eigenvalue weighted by atomic mass is 31.1. The topological polar surface area (TPSA) is 104 Å². The molecule has 0 saturated heterocycles. The molecule has 0 aromatic heterocycles. The summed E-state index contributed by atoms with van der Waals surface area (Å²) in [5.74, 6) is -0.240. The average molecular weight is 529 g/mol. The smallest absolute Gasteiger partial charge is 0.219 e. The van der Waals surface area contributed by atoms with Crippen LogP contribution in [0.15, 0.2) is 0 Å². The normalized spacial score (nSPS) is 12.9. The molecular formula is C28H53N2O5P. The lowest BCUT2D eigenvalue weighted by molar-refractivity contribution is -0.123. The van der Waals surface area contributed by atoms with Gasteiger partial charge in [0.25, 0.3) is 0 Å². The second-order valence-electron chi connectivity index (χ2n) is 10.2. The minimum atomic E-state index is -2.42. The number of unbranched alkanes of at least 4 members (excludes halogenated alkanes) is 12. The van der Waals surface area contributed by atoms with Crippen molar-refractivity contribution in [2.24, 2.45) is 0 Å². The minimum Gasteiger partial charge on any atom is -0.360 e. The predicted molar refractivity (Wildman–Crippen MR) is 149 cm³/mol. The molecule has 0 heterocycles. The van der Waals surface area contributed by atoms with Crippen molar-refractivity contribution in [3.8, 4) is 0 Å². The molecule has 2 N–H and O–H groups in total. The van der Waals surface area contributed by atoms with Gasteiger partial charge in [0.05, 0.1) is 0 Å². The summed E-state index contributed by atoms with van der Waals surface area (Å²) < 4.78 is 0. The molecule has 0 bridgehead atoms. The van der Waals surface area contributed by atoms with Crippen LogP contribution in [-0.2, 0) is 19.2 Å². The summed E-state index contributed by atoms with van der Waals surface area (Å²) in [6, 6.07) is -0.668. The number of hydrogen-bond acceptors (Lipinski definition) is 6. The zero-order valence-electron chi connectivity index (χ0n) is 23.5. The summed E-state index contributed by atoms with van der Waals surface area (Å²) >= 11 is 0. The maximum absolute atomic E-state index is 12.5. The van der Waals surface area contributed by atoms with Crippen LogP contribution in [0.5, 0.6) is 0 Å². The molecule has 0 aromatic carbocycles. The fourth-order valence-electron chi connectivity index (χ4n) is 4.08. The highest BCUT2D eigenvalue weighted by Gasteiger charge is 2.28. The Hall–Kier alpha value is -1.17. The van der Waals surface area contributed by atoms with E-state index in [1.807, 2.05) is 19.0 Å². The summed E-state index contributed by atoms with van der Waals surface area (Å²) in [4.78, 5) is 60.9. The van der Waals surface area contributed by atoms with Crippen LogP contribution in [0.2, 0.25) is 0 Å². The number of ketones is 1. The summed E-state index contributed by atoms with van der Waals surface area (Å²) in [6.07, 6.45) is 16.8. The Kier molecular flexibility index (Phi) is 22.2. The molecule has 0 saturated carbocycles. The molecule has 0 radical (unpaired) electrons. The van der Waals surface area contributed by atoms with Crippen LogP contribution in [0.4, 0.5) is 0 Å². The zero-order chi connectivity index (χ0) is 27.2. The molecule has 0 fully saturated rings. The highest BCUT2D eigenvalue weighted by molar-refractivity contribution is 7.84. The second kappa shape index (κ2) is 23.0. The average Bonchev–Trinajstić information content (AvgIpc) is 2.84. The number of rotatable bonds is 25. The van der Waals surface area contributed by atoms with E-state index < -0.39 is 25.2 Å². The van der Waals surface area contributed by atoms with E-state index in [9.17, 15) is 24.1 Å². The summed E-state index contributed by atoms with van der Waals surface area (Å²) in [6.45, 7) is 4.40. The van der Waals surface area contributed by atoms with E-state index in [-0.39, 0.29) is 37.4 Å². The van der Waals surface area contributed by atoms with Gasteiger partial charge in [-0.15, -0.1) is 0 Å².